The quantitative estimate of drug-likeness (QED) is 0.153. The molecular formula is C18H18F6N6O6S2. The lowest BCUT2D eigenvalue weighted by atomic mass is 10.3. The van der Waals surface area contributed by atoms with E-state index in [0.29, 0.717) is 0 Å². The summed E-state index contributed by atoms with van der Waals surface area (Å²) >= 11 is 0. The molecule has 12 nitrogen and oxygen atoms in total. The van der Waals surface area contributed by atoms with E-state index in [1.807, 2.05) is 59.9 Å². The van der Waals surface area contributed by atoms with Crippen molar-refractivity contribution in [3.8, 4) is 0 Å². The molecule has 0 aliphatic rings. The molecule has 0 radical (unpaired) electrons. The summed E-state index contributed by atoms with van der Waals surface area (Å²) in [5, 5.41) is 0. The van der Waals surface area contributed by atoms with Gasteiger partial charge in [0.15, 0.2) is 20.2 Å². The Kier molecular flexibility index (Phi) is 9.07. The SMILES string of the molecule is C[n+]1cccc2[nH]c(CCc3nc4c(ccc[n+]4C)[nH]3)nc21.O=S(=O)([O-])C(F)(F)F.O=S(=O)([O-])C(F)(F)F. The Morgan fingerprint density at radius 3 is 1.26 bits per heavy atom. The maximum atomic E-state index is 10.7. The zero-order chi connectivity index (χ0) is 29.1. The molecule has 4 aromatic rings. The second kappa shape index (κ2) is 11.2. The van der Waals surface area contributed by atoms with Crippen LogP contribution >= 0.6 is 0 Å². The molecule has 0 fully saturated rings. The molecule has 0 aliphatic heterocycles. The van der Waals surface area contributed by atoms with Crippen molar-refractivity contribution < 1.29 is 61.4 Å². The van der Waals surface area contributed by atoms with Crippen molar-refractivity contribution in [2.45, 2.75) is 23.9 Å². The summed E-state index contributed by atoms with van der Waals surface area (Å²) in [5.74, 6) is 1.98. The van der Waals surface area contributed by atoms with E-state index in [1.165, 1.54) is 0 Å². The average molecular weight is 593 g/mol. The van der Waals surface area contributed by atoms with Crippen molar-refractivity contribution in [2.24, 2.45) is 14.1 Å². The molecule has 0 saturated heterocycles. The summed E-state index contributed by atoms with van der Waals surface area (Å²) in [5.41, 5.74) is -7.20. The molecule has 0 saturated carbocycles. The first-order chi connectivity index (χ1) is 17.2. The second-order valence-corrected chi connectivity index (χ2v) is 10.1. The first-order valence-electron chi connectivity index (χ1n) is 9.91. The predicted octanol–water partition coefficient (Wildman–Crippen LogP) is 0.976. The van der Waals surface area contributed by atoms with E-state index < -0.39 is 31.3 Å². The number of nitrogens with zero attached hydrogens (tertiary/aromatic N) is 4. The van der Waals surface area contributed by atoms with Crippen LogP contribution in [0.2, 0.25) is 0 Å². The lowest BCUT2D eigenvalue weighted by Crippen LogP contribution is -2.28. The summed E-state index contributed by atoms with van der Waals surface area (Å²) in [6.45, 7) is 0. The molecule has 0 atom stereocenters. The van der Waals surface area contributed by atoms with Crippen LogP contribution in [0.1, 0.15) is 11.6 Å². The zero-order valence-corrected chi connectivity index (χ0v) is 20.8. The predicted molar refractivity (Wildman–Crippen MR) is 113 cm³/mol. The van der Waals surface area contributed by atoms with Gasteiger partial charge in [-0.25, -0.2) is 26.0 Å². The van der Waals surface area contributed by atoms with E-state index in [9.17, 15) is 26.3 Å². The lowest BCUT2D eigenvalue weighted by molar-refractivity contribution is -0.646. The van der Waals surface area contributed by atoms with Crippen LogP contribution < -0.4 is 9.13 Å². The van der Waals surface area contributed by atoms with Gasteiger partial charge >= 0.3 is 22.3 Å². The third-order valence-electron chi connectivity index (χ3n) is 4.50. The number of pyridine rings is 2. The van der Waals surface area contributed by atoms with Crippen molar-refractivity contribution in [2.75, 3.05) is 0 Å². The van der Waals surface area contributed by atoms with E-state index in [0.717, 1.165) is 46.8 Å². The third-order valence-corrected chi connectivity index (χ3v) is 5.63. The van der Waals surface area contributed by atoms with Crippen molar-refractivity contribution in [1.29, 1.82) is 0 Å². The normalized spacial score (nSPS) is 12.6. The Bertz CT molecular complexity index is 1510. The van der Waals surface area contributed by atoms with Crippen LogP contribution in [0.3, 0.4) is 0 Å². The van der Waals surface area contributed by atoms with Crippen LogP contribution in [0.4, 0.5) is 26.3 Å². The van der Waals surface area contributed by atoms with Gasteiger partial charge in [-0.05, 0) is 34.2 Å². The summed E-state index contributed by atoms with van der Waals surface area (Å²) < 4.78 is 122. The summed E-state index contributed by atoms with van der Waals surface area (Å²) in [6, 6.07) is 8.13. The number of imidazole rings is 2. The maximum absolute atomic E-state index is 10.7. The smallest absolute Gasteiger partial charge is 0.485 e. The topological polar surface area (TPSA) is 180 Å². The number of hydrogen-bond donors (Lipinski definition) is 2. The molecule has 0 aliphatic carbocycles. The Morgan fingerprint density at radius 2 is 1.03 bits per heavy atom. The molecule has 0 bridgehead atoms. The first-order valence-corrected chi connectivity index (χ1v) is 12.7. The largest absolute Gasteiger partial charge is 0.741 e. The number of alkyl halides is 6. The summed E-state index contributed by atoms with van der Waals surface area (Å²) in [4.78, 5) is 16.1. The third kappa shape index (κ3) is 8.07. The van der Waals surface area contributed by atoms with E-state index in [2.05, 4.69) is 19.9 Å². The van der Waals surface area contributed by atoms with E-state index in [-0.39, 0.29) is 0 Å². The number of H-pyrrole nitrogens is 2. The van der Waals surface area contributed by atoms with Gasteiger partial charge in [0.05, 0.1) is 26.5 Å². The molecule has 210 valence electrons. The highest BCUT2D eigenvalue weighted by molar-refractivity contribution is 7.86. The van der Waals surface area contributed by atoms with E-state index in [1.54, 1.807) is 0 Å². The van der Waals surface area contributed by atoms with Crippen LogP contribution in [0.25, 0.3) is 22.3 Å². The highest BCUT2D eigenvalue weighted by Gasteiger charge is 2.37. The standard InChI is InChI=1S/C16H16N6.2CHF3O3S/c1-21-9-3-5-11-15(21)19-13(17-11)7-8-14-18-12-6-4-10-22(2)16(12)20-14;2*2-1(3,4)8(5,6)7/h3-6,9-10H,7-8H2,1-2H3;2*(H,5,6,7). The van der Waals surface area contributed by atoms with Crippen molar-refractivity contribution in [1.82, 2.24) is 19.9 Å². The lowest BCUT2D eigenvalue weighted by Gasteiger charge is -2.08. The van der Waals surface area contributed by atoms with E-state index in [4.69, 9.17) is 25.9 Å². The summed E-state index contributed by atoms with van der Waals surface area (Å²) in [7, 11) is -8.17. The van der Waals surface area contributed by atoms with Gasteiger partial charge in [-0.2, -0.15) is 26.3 Å². The Labute approximate surface area is 210 Å². The molecule has 0 spiro atoms. The molecular weight excluding hydrogens is 574 g/mol. The van der Waals surface area contributed by atoms with Gasteiger partial charge in [0.2, 0.25) is 11.6 Å². The van der Waals surface area contributed by atoms with Gasteiger partial charge < -0.3 is 19.1 Å². The van der Waals surface area contributed by atoms with Crippen molar-refractivity contribution in [3.05, 3.63) is 48.3 Å². The number of aryl methyl sites for hydroxylation is 4. The zero-order valence-electron chi connectivity index (χ0n) is 19.2. The van der Waals surface area contributed by atoms with Gasteiger partial charge in [0, 0.05) is 12.8 Å². The van der Waals surface area contributed by atoms with Crippen molar-refractivity contribution >= 4 is 42.6 Å². The fraction of sp³-hybridized carbons (Fsp3) is 0.333. The average Bonchev–Trinajstić information content (AvgIpc) is 3.35. The Hall–Kier alpha value is -3.36. The van der Waals surface area contributed by atoms with Crippen LogP contribution in [0.5, 0.6) is 0 Å². The minimum atomic E-state index is -6.09. The molecule has 20 heteroatoms. The van der Waals surface area contributed by atoms with Crippen LogP contribution in [-0.4, -0.2) is 56.9 Å². The van der Waals surface area contributed by atoms with Gasteiger partial charge in [0.25, 0.3) is 0 Å². The molecule has 0 unspecified atom stereocenters. The highest BCUT2D eigenvalue weighted by Crippen LogP contribution is 2.21. The molecule has 4 aromatic heterocycles. The Balaban J connectivity index is 0.000000264. The molecule has 0 aromatic carbocycles. The molecule has 38 heavy (non-hydrogen) atoms. The summed E-state index contributed by atoms with van der Waals surface area (Å²) in [6.07, 6.45) is 5.68. The number of rotatable bonds is 3. The van der Waals surface area contributed by atoms with Crippen LogP contribution in [0, 0.1) is 0 Å². The minimum Gasteiger partial charge on any atom is -0.741 e. The highest BCUT2D eigenvalue weighted by atomic mass is 32.2. The monoisotopic (exact) mass is 592 g/mol. The van der Waals surface area contributed by atoms with Crippen LogP contribution in [0.15, 0.2) is 36.7 Å². The van der Waals surface area contributed by atoms with E-state index >= 15 is 0 Å². The number of aromatic amines is 2. The number of halogens is 6. The maximum Gasteiger partial charge on any atom is 0.485 e. The molecule has 4 heterocycles. The van der Waals surface area contributed by atoms with Crippen molar-refractivity contribution in [3.63, 3.8) is 0 Å². The van der Waals surface area contributed by atoms with Gasteiger partial charge in [0.1, 0.15) is 11.0 Å². The van der Waals surface area contributed by atoms with Gasteiger partial charge in [-0.1, -0.05) is 0 Å². The van der Waals surface area contributed by atoms with Gasteiger partial charge in [-0.3, -0.25) is 0 Å². The fourth-order valence-corrected chi connectivity index (χ4v) is 2.78. The number of hydrogen-bond acceptors (Lipinski definition) is 8. The molecule has 2 N–H and O–H groups in total. The van der Waals surface area contributed by atoms with Gasteiger partial charge in [-0.15, -0.1) is 0 Å². The fourth-order valence-electron chi connectivity index (χ4n) is 2.78. The molecule has 4 rings (SSSR count). The number of aromatic nitrogens is 6. The number of fused-ring (bicyclic) bond motifs is 2. The minimum absolute atomic E-state index is 0.832. The number of nitrogens with one attached hydrogen (secondary N) is 2. The Morgan fingerprint density at radius 1 is 0.737 bits per heavy atom. The van der Waals surface area contributed by atoms with Crippen LogP contribution in [-0.2, 0) is 47.2 Å². The second-order valence-electron chi connectivity index (χ2n) is 7.38. The first kappa shape index (κ1) is 30.9. The molecule has 0 amide bonds.